The topological polar surface area (TPSA) is 417 Å². The van der Waals surface area contributed by atoms with Crippen molar-refractivity contribution in [2.24, 2.45) is 25.8 Å². The highest BCUT2D eigenvalue weighted by Crippen LogP contribution is 2.44. The van der Waals surface area contributed by atoms with E-state index in [2.05, 4.69) is 103 Å². The zero-order valence-corrected chi connectivity index (χ0v) is 85.0. The number of nitrogens with zero attached hydrogens (tertiary/aromatic N) is 13. The Morgan fingerprint density at radius 3 is 1.51 bits per heavy atom. The largest absolute Gasteiger partial charge is 0.490 e. The molecule has 8 amide bonds. The van der Waals surface area contributed by atoms with Crippen LogP contribution in [0.2, 0.25) is 10.0 Å². The number of β-amino-alcohol motifs (C(OH)–C–C–N with tert-alkyl or cyclic N) is 1. The molecule has 1 unspecified atom stereocenters. The molecule has 6 aliphatic rings. The fourth-order valence-corrected chi connectivity index (χ4v) is 21.3. The number of halogens is 2. The molecule has 5 aromatic carbocycles. The molecular formula is C105H117Cl2N19O14S2. The number of aliphatic hydroxyl groups excluding tert-OH is 1. The lowest BCUT2D eigenvalue weighted by atomic mass is 9.85. The standard InChI is InChI=1S/C105H117Cl2N19O14S2/c1-54-59(6)141-102-89(54)91(67-27-31-70(106)32-28-67)115-80(96-121-119-61(8)125(96)102)46-85(129)113-72-40-77(41-72)139-75-35-19-63(20-36-75)39-84(128)117-94(104(10,11)12)101(135)124-51-79(45-83(124)99(133)112-56(3)65-21-17-64(48-108)18-22-65)137-53-138-93(58(5)109-16)69-25-23-66(24-26-69)57(4)111-98(132)82-44-74(127)50-123(82)100(134)95(105(13,14)15)118-87(131)52-136-76-37-38-88(110-49-76)140-78-42-73(43-78)114-86(130)47-81-97-122-120-62(9)126(97)103-90(55(2)60(7)142-103)92(116-81)68-29-33-71(107)34-30-68/h17-38,49,56-57,72-74,77-83,94-95,127H,16,39-47,50-53H2,1-15H3,(H,111,132)(H,112,133)(H,113,129)(H,114,130)(H,117,128)(H,118,131)/b93-58-/t56-,57-,72?,73?,74+,77?,78?,79+,80?,81-,82-,83-,94+,95+/m0/s1. The third kappa shape index (κ3) is 22.9. The summed E-state index contributed by atoms with van der Waals surface area (Å²) in [7, 11) is 0. The van der Waals surface area contributed by atoms with Gasteiger partial charge in [0.05, 0.1) is 78.5 Å². The second kappa shape index (κ2) is 42.8. The molecule has 4 aliphatic heterocycles. The van der Waals surface area contributed by atoms with Crippen molar-refractivity contribution >= 4 is 117 Å². The molecule has 37 heteroatoms. The number of pyridine rings is 1. The van der Waals surface area contributed by atoms with E-state index in [-0.39, 0.29) is 93.8 Å². The summed E-state index contributed by atoms with van der Waals surface area (Å²) in [6.07, 6.45) is 1.44. The minimum atomic E-state index is -1.15. The SMILES string of the molecule is C=N/C(C)=C(\OCO[C@@H]1C[C@@H](C(=O)N[C@@H](C)c2ccc(C#N)cc2)N(C(=O)[C@@H](NC(=O)Cc2ccc(OC3CC(NC(=O)CC4N=C(c5ccc(Cl)cc5)c5c(sc(C)c5C)-n5c(C)nnc54)C3)cc2)C(C)(C)C)C1)c1ccc([C@H](C)NC(=O)[C@@H]2C[C@@H](O)CN2C(=O)[C@@H](NC(=O)COc2ccc(OC3CC(NC(=O)C[C@@H]4N=C(c5ccc(Cl)cc5)c5c(sc(C)c5C)-n5c(C)nnc54)C3)nc2)C(C)(C)C)cc1. The number of aliphatic imine (C=N–C) groups is 3. The van der Waals surface area contributed by atoms with Gasteiger partial charge in [0, 0.05) is 117 Å². The van der Waals surface area contributed by atoms with E-state index in [0.717, 1.165) is 70.1 Å². The molecule has 10 atom stereocenters. The van der Waals surface area contributed by atoms with Gasteiger partial charge in [-0.2, -0.15) is 5.26 Å². The maximum Gasteiger partial charge on any atom is 0.258 e. The number of aryl methyl sites for hydroxylation is 4. The summed E-state index contributed by atoms with van der Waals surface area (Å²) >= 11 is 15.9. The average Bonchev–Trinajstić information content (AvgIpc) is 1.59. The summed E-state index contributed by atoms with van der Waals surface area (Å²) in [5.41, 5.74) is 9.16. The lowest BCUT2D eigenvalue weighted by Crippen LogP contribution is -2.58. The molecule has 0 radical (unpaired) electrons. The van der Waals surface area contributed by atoms with Gasteiger partial charge < -0.3 is 70.5 Å². The summed E-state index contributed by atoms with van der Waals surface area (Å²) in [5, 5.41) is 60.0. The molecular weight excluding hydrogens is 1890 g/mol. The number of benzene rings is 5. The Hall–Kier alpha value is -13.4. The summed E-state index contributed by atoms with van der Waals surface area (Å²) in [6, 6.07) is 34.4. The van der Waals surface area contributed by atoms with Crippen molar-refractivity contribution in [2.75, 3.05) is 26.5 Å². The maximum atomic E-state index is 15.3. The van der Waals surface area contributed by atoms with E-state index >= 15 is 4.79 Å². The van der Waals surface area contributed by atoms with Crippen LogP contribution in [0.1, 0.15) is 232 Å². The van der Waals surface area contributed by atoms with Crippen LogP contribution < -0.4 is 46.1 Å². The molecule has 5 aromatic heterocycles. The predicted octanol–water partition coefficient (Wildman–Crippen LogP) is 14.2. The Morgan fingerprint density at radius 2 is 1.04 bits per heavy atom. The first-order valence-corrected chi connectivity index (χ1v) is 49.9. The molecule has 2 saturated heterocycles. The minimum Gasteiger partial charge on any atom is -0.490 e. The number of carbonyl (C=O) groups excluding carboxylic acids is 8. The van der Waals surface area contributed by atoms with E-state index in [4.69, 9.17) is 56.9 Å². The molecule has 0 spiro atoms. The van der Waals surface area contributed by atoms with Crippen molar-refractivity contribution in [3.05, 3.63) is 250 Å². The van der Waals surface area contributed by atoms with Crippen molar-refractivity contribution in [1.82, 2.24) is 76.2 Å². The highest BCUT2D eigenvalue weighted by Gasteiger charge is 2.49. The summed E-state index contributed by atoms with van der Waals surface area (Å²) in [5.74, 6) is 0.557. The molecule has 2 aliphatic carbocycles. The first-order chi connectivity index (χ1) is 67.7. The molecule has 742 valence electrons. The number of fused-ring (bicyclic) bond motifs is 6. The smallest absolute Gasteiger partial charge is 0.258 e. The van der Waals surface area contributed by atoms with Crippen molar-refractivity contribution < 1.29 is 67.1 Å². The Labute approximate surface area is 842 Å². The number of hydrogen-bond donors (Lipinski definition) is 7. The van der Waals surface area contributed by atoms with Gasteiger partial charge in [0.2, 0.25) is 47.2 Å². The Balaban J connectivity index is 0.490. The molecule has 9 heterocycles. The van der Waals surface area contributed by atoms with Crippen LogP contribution in [-0.4, -0.2) is 202 Å². The van der Waals surface area contributed by atoms with Gasteiger partial charge in [0.1, 0.15) is 81.6 Å². The number of likely N-dealkylation sites (tertiary alicyclic amines) is 2. The number of nitrogens with one attached hydrogen (secondary N) is 6. The van der Waals surface area contributed by atoms with E-state index in [0.29, 0.717) is 104 Å². The third-order valence-electron chi connectivity index (χ3n) is 26.9. The van der Waals surface area contributed by atoms with E-state index in [1.807, 2.05) is 92.3 Å². The number of aromatic nitrogens is 7. The molecule has 0 bridgehead atoms. The lowest BCUT2D eigenvalue weighted by molar-refractivity contribution is -0.144. The second-order valence-electron chi connectivity index (χ2n) is 39.4. The van der Waals surface area contributed by atoms with Crippen molar-refractivity contribution in [1.29, 1.82) is 5.26 Å². The van der Waals surface area contributed by atoms with Crippen LogP contribution >= 0.6 is 45.9 Å². The normalized spacial score (nSPS) is 20.6. The predicted molar refractivity (Wildman–Crippen MR) is 540 cm³/mol. The fourth-order valence-electron chi connectivity index (χ4n) is 18.6. The van der Waals surface area contributed by atoms with Gasteiger partial charge in [-0.25, -0.2) is 4.98 Å². The van der Waals surface area contributed by atoms with Crippen LogP contribution in [0.5, 0.6) is 17.4 Å². The first-order valence-electron chi connectivity index (χ1n) is 47.5. The number of amides is 8. The number of carbonyl (C=O) groups is 8. The van der Waals surface area contributed by atoms with E-state index in [9.17, 15) is 43.9 Å². The van der Waals surface area contributed by atoms with E-state index < -0.39 is 113 Å². The average molecular weight is 2000 g/mol. The summed E-state index contributed by atoms with van der Waals surface area (Å²) in [6.45, 7) is 31.0. The molecule has 16 rings (SSSR count). The van der Waals surface area contributed by atoms with Crippen LogP contribution in [-0.2, 0) is 54.3 Å². The Morgan fingerprint density at radius 1 is 0.563 bits per heavy atom. The quantitative estimate of drug-likeness (QED) is 0.0114. The molecule has 10 aromatic rings. The second-order valence-corrected chi connectivity index (χ2v) is 42.7. The van der Waals surface area contributed by atoms with Gasteiger partial charge in [-0.1, -0.05) is 138 Å². The van der Waals surface area contributed by atoms with E-state index in [1.165, 1.54) is 16.0 Å². The highest BCUT2D eigenvalue weighted by atomic mass is 35.5. The number of allylic oxidation sites excluding steroid dienone is 1. The zero-order valence-electron chi connectivity index (χ0n) is 81.9. The number of aliphatic hydroxyl groups is 1. The molecule has 2 saturated carbocycles. The monoisotopic (exact) mass is 2000 g/mol. The molecule has 33 nitrogen and oxygen atoms in total. The summed E-state index contributed by atoms with van der Waals surface area (Å²) in [4.78, 5) is 139. The van der Waals surface area contributed by atoms with Gasteiger partial charge in [-0.3, -0.25) is 62.5 Å². The van der Waals surface area contributed by atoms with Crippen molar-refractivity contribution in [3.8, 4) is 33.5 Å². The Kier molecular flexibility index (Phi) is 30.6. The van der Waals surface area contributed by atoms with Crippen molar-refractivity contribution in [3.63, 3.8) is 0 Å². The number of thiophene rings is 2. The Bertz CT molecular complexity index is 6580. The summed E-state index contributed by atoms with van der Waals surface area (Å²) < 4.78 is 35.2. The molecule has 7 N–H and O–H groups in total. The highest BCUT2D eigenvalue weighted by molar-refractivity contribution is 7.15. The van der Waals surface area contributed by atoms with Gasteiger partial charge in [-0.15, -0.1) is 43.1 Å². The fraction of sp³-hybridized carbons (Fsp3) is 0.419. The van der Waals surface area contributed by atoms with Crippen LogP contribution in [0, 0.1) is 63.7 Å². The zero-order chi connectivity index (χ0) is 101. The van der Waals surface area contributed by atoms with E-state index in [1.54, 1.807) is 149 Å². The minimum absolute atomic E-state index is 0.0396. The molecule has 4 fully saturated rings. The van der Waals surface area contributed by atoms with Gasteiger partial charge >= 0.3 is 0 Å². The number of ether oxygens (including phenoxy) is 5. The van der Waals surface area contributed by atoms with Crippen LogP contribution in [0.15, 0.2) is 160 Å². The third-order valence-corrected chi connectivity index (χ3v) is 29.8. The number of nitriles is 1. The maximum absolute atomic E-state index is 15.3. The van der Waals surface area contributed by atoms with Crippen LogP contribution in [0.3, 0.4) is 0 Å². The number of hydrogen-bond acceptors (Lipinski definition) is 25. The van der Waals surface area contributed by atoms with Gasteiger partial charge in [0.25, 0.3) is 5.91 Å². The van der Waals surface area contributed by atoms with Gasteiger partial charge in [0.15, 0.2) is 30.8 Å². The van der Waals surface area contributed by atoms with Gasteiger partial charge in [-0.05, 0) is 162 Å². The lowest BCUT2D eigenvalue weighted by Gasteiger charge is -2.36. The van der Waals surface area contributed by atoms with Crippen LogP contribution in [0.4, 0.5) is 0 Å². The first kappa shape index (κ1) is 102. The number of rotatable bonds is 33. The van der Waals surface area contributed by atoms with Crippen molar-refractivity contribution in [2.45, 2.75) is 246 Å². The molecule has 142 heavy (non-hydrogen) atoms. The van der Waals surface area contributed by atoms with Crippen LogP contribution in [0.25, 0.3) is 15.8 Å².